The molecule has 0 spiro atoms. The first-order chi connectivity index (χ1) is 15.8. The number of nitrogens with one attached hydrogen (secondary N) is 1. The van der Waals surface area contributed by atoms with Crippen molar-refractivity contribution in [2.45, 2.75) is 40.8 Å². The third kappa shape index (κ3) is 5.17. The van der Waals surface area contributed by atoms with Gasteiger partial charge in [0.25, 0.3) is 5.91 Å². The minimum Gasteiger partial charge on any atom is -0.488 e. The number of hydrogen-bond donors (Lipinski definition) is 1. The first-order valence-electron chi connectivity index (χ1n) is 10.6. The van der Waals surface area contributed by atoms with Gasteiger partial charge in [0, 0.05) is 6.20 Å². The first-order valence-corrected chi connectivity index (χ1v) is 11.3. The van der Waals surface area contributed by atoms with E-state index in [0.29, 0.717) is 28.2 Å². The Labute approximate surface area is 200 Å². The van der Waals surface area contributed by atoms with Crippen LogP contribution in [0, 0.1) is 27.7 Å². The fourth-order valence-electron chi connectivity index (χ4n) is 3.50. The molecule has 0 unspecified atom stereocenters. The van der Waals surface area contributed by atoms with Crippen LogP contribution in [0.3, 0.4) is 0 Å². The standard InChI is InChI=1S/C25H25BrN4O3/c1-15-7-5-9-19(11-15)12-30-13-21(26)24(28-30)27-25(31)23-20(18(4)33-29-23)14-32-22-10-6-8-16(2)17(22)3/h5-11,13H,12,14H2,1-4H3,(H,27,28,31). The molecule has 1 amide bonds. The molecule has 33 heavy (non-hydrogen) atoms. The Balaban J connectivity index is 1.48. The number of halogens is 1. The van der Waals surface area contributed by atoms with E-state index in [4.69, 9.17) is 9.26 Å². The van der Waals surface area contributed by atoms with Crippen molar-refractivity contribution in [1.82, 2.24) is 14.9 Å². The van der Waals surface area contributed by atoms with Crippen LogP contribution in [0.1, 0.15) is 44.1 Å². The maximum absolute atomic E-state index is 13.0. The molecule has 2 aromatic carbocycles. The summed E-state index contributed by atoms with van der Waals surface area (Å²) in [5.41, 5.74) is 5.28. The number of aryl methyl sites for hydroxylation is 3. The molecule has 4 rings (SSSR count). The van der Waals surface area contributed by atoms with Crippen molar-refractivity contribution in [1.29, 1.82) is 0 Å². The van der Waals surface area contributed by atoms with Gasteiger partial charge in [-0.15, -0.1) is 0 Å². The van der Waals surface area contributed by atoms with Gasteiger partial charge in [-0.05, 0) is 66.4 Å². The van der Waals surface area contributed by atoms with Gasteiger partial charge in [0.05, 0.1) is 16.6 Å². The maximum Gasteiger partial charge on any atom is 0.279 e. The highest BCUT2D eigenvalue weighted by Crippen LogP contribution is 2.25. The Bertz CT molecular complexity index is 1310. The van der Waals surface area contributed by atoms with Gasteiger partial charge in [-0.25, -0.2) is 0 Å². The number of rotatable bonds is 7. The molecule has 7 nitrogen and oxygen atoms in total. The zero-order valence-electron chi connectivity index (χ0n) is 19.0. The fraction of sp³-hybridized carbons (Fsp3) is 0.240. The summed E-state index contributed by atoms with van der Waals surface area (Å²) in [5.74, 6) is 1.30. The van der Waals surface area contributed by atoms with Crippen LogP contribution < -0.4 is 10.1 Å². The normalized spacial score (nSPS) is 10.9. The molecule has 0 saturated carbocycles. The van der Waals surface area contributed by atoms with Gasteiger partial charge in [-0.2, -0.15) is 5.10 Å². The van der Waals surface area contributed by atoms with E-state index in [1.165, 1.54) is 5.56 Å². The van der Waals surface area contributed by atoms with E-state index in [1.54, 1.807) is 11.6 Å². The second kappa shape index (κ2) is 9.62. The molecule has 0 radical (unpaired) electrons. The average molecular weight is 509 g/mol. The Morgan fingerprint density at radius 3 is 2.73 bits per heavy atom. The van der Waals surface area contributed by atoms with Crippen LogP contribution in [0.4, 0.5) is 5.82 Å². The van der Waals surface area contributed by atoms with E-state index >= 15 is 0 Å². The summed E-state index contributed by atoms with van der Waals surface area (Å²) in [4.78, 5) is 13.0. The Hall–Kier alpha value is -3.39. The highest BCUT2D eigenvalue weighted by Gasteiger charge is 2.22. The lowest BCUT2D eigenvalue weighted by Gasteiger charge is -2.11. The maximum atomic E-state index is 13.0. The van der Waals surface area contributed by atoms with Crippen molar-refractivity contribution in [3.63, 3.8) is 0 Å². The van der Waals surface area contributed by atoms with E-state index in [9.17, 15) is 4.79 Å². The molecule has 0 aliphatic rings. The fourth-order valence-corrected chi connectivity index (χ4v) is 3.91. The molecule has 0 bridgehead atoms. The second-order valence-electron chi connectivity index (χ2n) is 8.02. The lowest BCUT2D eigenvalue weighted by molar-refractivity contribution is 0.101. The highest BCUT2D eigenvalue weighted by atomic mass is 79.9. The minimum atomic E-state index is -0.409. The number of carbonyl (C=O) groups excluding carboxylic acids is 1. The monoisotopic (exact) mass is 508 g/mol. The van der Waals surface area contributed by atoms with Crippen LogP contribution in [0.2, 0.25) is 0 Å². The van der Waals surface area contributed by atoms with Crippen molar-refractivity contribution < 1.29 is 14.1 Å². The van der Waals surface area contributed by atoms with Crippen molar-refractivity contribution in [3.8, 4) is 5.75 Å². The number of hydrogen-bond acceptors (Lipinski definition) is 5. The zero-order chi connectivity index (χ0) is 23.5. The van der Waals surface area contributed by atoms with Crippen LogP contribution >= 0.6 is 15.9 Å². The third-order valence-electron chi connectivity index (χ3n) is 5.50. The van der Waals surface area contributed by atoms with Gasteiger partial charge in [-0.3, -0.25) is 9.48 Å². The quantitative estimate of drug-likeness (QED) is 0.343. The van der Waals surface area contributed by atoms with Crippen LogP contribution in [-0.2, 0) is 13.2 Å². The van der Waals surface area contributed by atoms with Crippen LogP contribution in [0.15, 0.2) is 57.7 Å². The van der Waals surface area contributed by atoms with E-state index in [2.05, 4.69) is 50.6 Å². The molecule has 4 aromatic rings. The third-order valence-corrected chi connectivity index (χ3v) is 6.08. The van der Waals surface area contributed by atoms with Gasteiger partial charge in [0.1, 0.15) is 18.1 Å². The van der Waals surface area contributed by atoms with Crippen LogP contribution in [-0.4, -0.2) is 20.8 Å². The van der Waals surface area contributed by atoms with Crippen molar-refractivity contribution >= 4 is 27.7 Å². The molecule has 2 heterocycles. The number of ether oxygens (including phenoxy) is 1. The average Bonchev–Trinajstić information content (AvgIpc) is 3.31. The lowest BCUT2D eigenvalue weighted by Crippen LogP contribution is -2.16. The van der Waals surface area contributed by atoms with Gasteiger partial charge >= 0.3 is 0 Å². The topological polar surface area (TPSA) is 82.2 Å². The molecule has 170 valence electrons. The molecule has 2 aromatic heterocycles. The van der Waals surface area contributed by atoms with Gasteiger partial charge in [0.15, 0.2) is 11.5 Å². The summed E-state index contributed by atoms with van der Waals surface area (Å²) >= 11 is 3.48. The number of anilines is 1. The molecule has 8 heteroatoms. The summed E-state index contributed by atoms with van der Waals surface area (Å²) in [7, 11) is 0. The largest absolute Gasteiger partial charge is 0.488 e. The van der Waals surface area contributed by atoms with Crippen LogP contribution in [0.5, 0.6) is 5.75 Å². The van der Waals surface area contributed by atoms with Crippen molar-refractivity contribution in [2.75, 3.05) is 5.32 Å². The minimum absolute atomic E-state index is 0.172. The summed E-state index contributed by atoms with van der Waals surface area (Å²) < 4.78 is 13.7. The molecular formula is C25H25BrN4O3. The summed E-state index contributed by atoms with van der Waals surface area (Å²) in [6, 6.07) is 14.1. The lowest BCUT2D eigenvalue weighted by atomic mass is 10.1. The molecular weight excluding hydrogens is 484 g/mol. The second-order valence-corrected chi connectivity index (χ2v) is 8.87. The van der Waals surface area contributed by atoms with Gasteiger partial charge < -0.3 is 14.6 Å². The van der Waals surface area contributed by atoms with E-state index < -0.39 is 5.91 Å². The van der Waals surface area contributed by atoms with E-state index in [-0.39, 0.29) is 12.3 Å². The molecule has 0 fully saturated rings. The predicted molar refractivity (Wildman–Crippen MR) is 130 cm³/mol. The number of amides is 1. The highest BCUT2D eigenvalue weighted by molar-refractivity contribution is 9.10. The molecule has 0 atom stereocenters. The number of carbonyl (C=O) groups is 1. The summed E-state index contributed by atoms with van der Waals surface area (Å²) in [6.07, 6.45) is 1.83. The van der Waals surface area contributed by atoms with Crippen LogP contribution in [0.25, 0.3) is 0 Å². The Kier molecular flexibility index (Phi) is 6.65. The van der Waals surface area contributed by atoms with Crippen molar-refractivity contribution in [3.05, 3.63) is 92.4 Å². The first kappa shape index (κ1) is 22.8. The van der Waals surface area contributed by atoms with Crippen molar-refractivity contribution in [2.24, 2.45) is 0 Å². The smallest absolute Gasteiger partial charge is 0.279 e. The zero-order valence-corrected chi connectivity index (χ0v) is 20.6. The molecule has 1 N–H and O–H groups in total. The molecule has 0 aliphatic heterocycles. The summed E-state index contributed by atoms with van der Waals surface area (Å²) in [5, 5.41) is 11.3. The Morgan fingerprint density at radius 1 is 1.15 bits per heavy atom. The summed E-state index contributed by atoms with van der Waals surface area (Å²) in [6.45, 7) is 8.61. The SMILES string of the molecule is Cc1cccc(Cn2cc(Br)c(NC(=O)c3noc(C)c3COc3cccc(C)c3C)n2)c1. The van der Waals surface area contributed by atoms with E-state index in [1.807, 2.05) is 50.4 Å². The number of nitrogens with zero attached hydrogens (tertiary/aromatic N) is 3. The van der Waals surface area contributed by atoms with Gasteiger partial charge in [0.2, 0.25) is 0 Å². The van der Waals surface area contributed by atoms with E-state index in [0.717, 1.165) is 22.4 Å². The molecule has 0 saturated heterocycles. The molecule has 0 aliphatic carbocycles. The van der Waals surface area contributed by atoms with Gasteiger partial charge in [-0.1, -0.05) is 47.1 Å². The Morgan fingerprint density at radius 2 is 1.94 bits per heavy atom. The number of aromatic nitrogens is 3. The predicted octanol–water partition coefficient (Wildman–Crippen LogP) is 5.75. The number of benzene rings is 2.